The van der Waals surface area contributed by atoms with Gasteiger partial charge in [0, 0.05) is 22.1 Å². The highest BCUT2D eigenvalue weighted by atomic mass is 16.5. The first-order valence-corrected chi connectivity index (χ1v) is 13.7. The van der Waals surface area contributed by atoms with Gasteiger partial charge >= 0.3 is 0 Å². The number of rotatable bonds is 2. The largest absolute Gasteiger partial charge is 0.458 e. The topological polar surface area (TPSA) is 17.4 Å². The van der Waals surface area contributed by atoms with Crippen molar-refractivity contribution >= 4 is 62.0 Å². The lowest BCUT2D eigenvalue weighted by atomic mass is 9.34. The molecular formula is C36H23BN2O. The molecule has 0 saturated heterocycles. The van der Waals surface area contributed by atoms with Gasteiger partial charge in [0.15, 0.2) is 0 Å². The van der Waals surface area contributed by atoms with E-state index in [1.165, 1.54) is 43.9 Å². The summed E-state index contributed by atoms with van der Waals surface area (Å²) in [5.41, 5.74) is 10.7. The Labute approximate surface area is 232 Å². The lowest BCUT2D eigenvalue weighted by molar-refractivity contribution is 0.487. The lowest BCUT2D eigenvalue weighted by Crippen LogP contribution is -2.59. The van der Waals surface area contributed by atoms with Crippen LogP contribution in [-0.2, 0) is 0 Å². The van der Waals surface area contributed by atoms with E-state index in [2.05, 4.69) is 149 Å². The van der Waals surface area contributed by atoms with E-state index < -0.39 is 0 Å². The zero-order valence-corrected chi connectivity index (χ0v) is 21.7. The Kier molecular flexibility index (Phi) is 4.41. The molecule has 186 valence electrons. The van der Waals surface area contributed by atoms with Crippen LogP contribution in [0.25, 0.3) is 27.5 Å². The Hall–Kier alpha value is -5.22. The number of aromatic nitrogens is 1. The van der Waals surface area contributed by atoms with Gasteiger partial charge in [0.05, 0.1) is 22.4 Å². The molecule has 3 nitrogen and oxygen atoms in total. The van der Waals surface area contributed by atoms with Crippen molar-refractivity contribution in [2.75, 3.05) is 4.90 Å². The highest BCUT2D eigenvalue weighted by Gasteiger charge is 2.41. The Balaban J connectivity index is 1.36. The normalized spacial score (nSPS) is 13.1. The Bertz CT molecular complexity index is 2070. The number of benzene rings is 6. The molecule has 0 N–H and O–H groups in total. The highest BCUT2D eigenvalue weighted by Crippen LogP contribution is 2.44. The molecule has 0 radical (unpaired) electrons. The third kappa shape index (κ3) is 2.85. The summed E-state index contributed by atoms with van der Waals surface area (Å²) in [5, 5.41) is 2.52. The van der Waals surface area contributed by atoms with E-state index >= 15 is 0 Å². The van der Waals surface area contributed by atoms with Gasteiger partial charge < -0.3 is 14.2 Å². The van der Waals surface area contributed by atoms with Gasteiger partial charge in [-0.15, -0.1) is 0 Å². The van der Waals surface area contributed by atoms with Crippen LogP contribution in [-0.4, -0.2) is 11.3 Å². The highest BCUT2D eigenvalue weighted by molar-refractivity contribution is 6.99. The summed E-state index contributed by atoms with van der Waals surface area (Å²) in [6.07, 6.45) is 0. The minimum Gasteiger partial charge on any atom is -0.458 e. The van der Waals surface area contributed by atoms with Crippen LogP contribution in [0.4, 0.5) is 17.1 Å². The zero-order chi connectivity index (χ0) is 26.2. The maximum Gasteiger partial charge on any atom is 0.256 e. The average Bonchev–Trinajstić information content (AvgIpc) is 3.35. The smallest absolute Gasteiger partial charge is 0.256 e. The Morgan fingerprint density at radius 2 is 0.975 bits per heavy atom. The molecule has 0 bridgehead atoms. The van der Waals surface area contributed by atoms with Crippen LogP contribution in [0.2, 0.25) is 0 Å². The maximum absolute atomic E-state index is 6.51. The third-order valence-electron chi connectivity index (χ3n) is 8.45. The van der Waals surface area contributed by atoms with E-state index in [1.807, 2.05) is 0 Å². The summed E-state index contributed by atoms with van der Waals surface area (Å²) in [5.74, 6) is 1.86. The molecule has 9 rings (SSSR count). The second kappa shape index (κ2) is 8.14. The second-order valence-corrected chi connectivity index (χ2v) is 10.5. The summed E-state index contributed by atoms with van der Waals surface area (Å²) < 4.78 is 8.92. The average molecular weight is 510 g/mol. The van der Waals surface area contributed by atoms with Gasteiger partial charge in [-0.2, -0.15) is 0 Å². The summed E-state index contributed by atoms with van der Waals surface area (Å²) in [4.78, 5) is 2.43. The van der Waals surface area contributed by atoms with Crippen molar-refractivity contribution in [1.82, 2.24) is 4.57 Å². The Morgan fingerprint density at radius 3 is 1.75 bits per heavy atom. The van der Waals surface area contributed by atoms with Crippen molar-refractivity contribution in [3.05, 3.63) is 140 Å². The van der Waals surface area contributed by atoms with E-state index in [0.717, 1.165) is 28.6 Å². The molecule has 0 saturated carbocycles. The van der Waals surface area contributed by atoms with Crippen molar-refractivity contribution in [1.29, 1.82) is 0 Å². The molecule has 4 heteroatoms. The van der Waals surface area contributed by atoms with Gasteiger partial charge in [0.2, 0.25) is 0 Å². The molecule has 3 heterocycles. The monoisotopic (exact) mass is 510 g/mol. The summed E-state index contributed by atoms with van der Waals surface area (Å²) in [7, 11) is 0. The van der Waals surface area contributed by atoms with Crippen molar-refractivity contribution < 1.29 is 4.74 Å². The van der Waals surface area contributed by atoms with E-state index in [0.29, 0.717) is 0 Å². The van der Waals surface area contributed by atoms with Gasteiger partial charge in [-0.25, -0.2) is 0 Å². The van der Waals surface area contributed by atoms with E-state index in [9.17, 15) is 0 Å². The lowest BCUT2D eigenvalue weighted by Gasteiger charge is -2.40. The minimum atomic E-state index is 0.115. The van der Waals surface area contributed by atoms with Gasteiger partial charge in [0.1, 0.15) is 11.5 Å². The summed E-state index contributed by atoms with van der Waals surface area (Å²) in [6, 6.07) is 49.9. The third-order valence-corrected chi connectivity index (χ3v) is 8.45. The number of anilines is 3. The molecule has 7 aromatic rings. The van der Waals surface area contributed by atoms with Crippen LogP contribution in [0.1, 0.15) is 0 Å². The minimum absolute atomic E-state index is 0.115. The number of hydrogen-bond donors (Lipinski definition) is 0. The molecule has 6 aromatic carbocycles. The Morgan fingerprint density at radius 1 is 0.425 bits per heavy atom. The quantitative estimate of drug-likeness (QED) is 0.229. The molecule has 1 aromatic heterocycles. The first-order chi connectivity index (χ1) is 19.9. The standard InChI is InChI=1S/C36H23BN2O/c1-5-16-28-24(12-1)25-13-2-6-17-29(25)38(28)31-19-8-9-20-32(31)39-30-18-7-3-14-26(30)37-27-15-4-10-22-34(27)40-35-23-11-21-33(39)36(35)37/h1-23H. The fourth-order valence-electron chi connectivity index (χ4n) is 6.86. The number of para-hydroxylation sites is 6. The molecule has 0 spiro atoms. The molecule has 0 unspecified atom stereocenters. The van der Waals surface area contributed by atoms with Crippen molar-refractivity contribution in [2.45, 2.75) is 0 Å². The number of ether oxygens (including phenoxy) is 1. The van der Waals surface area contributed by atoms with Crippen LogP contribution in [0.5, 0.6) is 11.5 Å². The first-order valence-electron chi connectivity index (χ1n) is 13.7. The SMILES string of the molecule is c1ccc2c(c1)Oc1cccc3c1B2c1ccccc1N3c1ccccc1-n1c2ccccc2c2ccccc21. The van der Waals surface area contributed by atoms with Crippen LogP contribution in [0.15, 0.2) is 140 Å². The molecule has 0 fully saturated rings. The molecule has 0 aliphatic carbocycles. The number of nitrogens with zero attached hydrogens (tertiary/aromatic N) is 2. The van der Waals surface area contributed by atoms with Gasteiger partial charge in [-0.1, -0.05) is 91.0 Å². The fraction of sp³-hybridized carbons (Fsp3) is 0. The predicted octanol–water partition coefficient (Wildman–Crippen LogP) is 7.19. The van der Waals surface area contributed by atoms with Gasteiger partial charge in [-0.3, -0.25) is 0 Å². The second-order valence-electron chi connectivity index (χ2n) is 10.5. The summed E-state index contributed by atoms with van der Waals surface area (Å²) in [6.45, 7) is 0.115. The van der Waals surface area contributed by atoms with E-state index in [4.69, 9.17) is 4.74 Å². The van der Waals surface area contributed by atoms with Crippen LogP contribution in [0, 0.1) is 0 Å². The van der Waals surface area contributed by atoms with Crippen molar-refractivity contribution in [2.24, 2.45) is 0 Å². The molecule has 40 heavy (non-hydrogen) atoms. The van der Waals surface area contributed by atoms with Crippen molar-refractivity contribution in [3.8, 4) is 17.2 Å². The van der Waals surface area contributed by atoms with E-state index in [1.54, 1.807) is 0 Å². The molecular weight excluding hydrogens is 487 g/mol. The van der Waals surface area contributed by atoms with Crippen molar-refractivity contribution in [3.63, 3.8) is 0 Å². The fourth-order valence-corrected chi connectivity index (χ4v) is 6.86. The molecule has 2 aliphatic rings. The first kappa shape index (κ1) is 21.7. The van der Waals surface area contributed by atoms with Gasteiger partial charge in [0.25, 0.3) is 6.71 Å². The maximum atomic E-state index is 6.51. The predicted molar refractivity (Wildman–Crippen MR) is 167 cm³/mol. The molecule has 2 aliphatic heterocycles. The number of hydrogen-bond acceptors (Lipinski definition) is 2. The summed E-state index contributed by atoms with van der Waals surface area (Å²) >= 11 is 0. The van der Waals surface area contributed by atoms with E-state index in [-0.39, 0.29) is 6.71 Å². The van der Waals surface area contributed by atoms with Crippen LogP contribution >= 0.6 is 0 Å². The molecule has 0 atom stereocenters. The molecule has 0 amide bonds. The zero-order valence-electron chi connectivity index (χ0n) is 21.7. The van der Waals surface area contributed by atoms with Crippen LogP contribution < -0.4 is 26.0 Å². The van der Waals surface area contributed by atoms with Crippen LogP contribution in [0.3, 0.4) is 0 Å². The van der Waals surface area contributed by atoms with Gasteiger partial charge in [-0.05, 0) is 64.9 Å². The number of fused-ring (bicyclic) bond motifs is 7.